The minimum atomic E-state index is -0.290. The van der Waals surface area contributed by atoms with E-state index in [4.69, 9.17) is 0 Å². The van der Waals surface area contributed by atoms with Gasteiger partial charge in [-0.3, -0.25) is 14.3 Å². The molecule has 0 spiro atoms. The van der Waals surface area contributed by atoms with Crippen molar-refractivity contribution in [2.45, 2.75) is 44.1 Å². The molecule has 4 aliphatic carbocycles. The Hall–Kier alpha value is -1.85. The van der Waals surface area contributed by atoms with E-state index in [1.807, 2.05) is 0 Å². The van der Waals surface area contributed by atoms with Crippen molar-refractivity contribution >= 4 is 11.2 Å². The Balaban J connectivity index is 1.77. The molecule has 4 fully saturated rings. The number of aromatic nitrogens is 4. The number of aromatic amines is 2. The zero-order chi connectivity index (χ0) is 14.2. The lowest BCUT2D eigenvalue weighted by molar-refractivity contribution is -0.0467. The zero-order valence-corrected chi connectivity index (χ0v) is 11.8. The summed E-state index contributed by atoms with van der Waals surface area (Å²) in [6.07, 6.45) is 8.30. The van der Waals surface area contributed by atoms with Crippen LogP contribution in [0.4, 0.5) is 0 Å². The number of fused-ring (bicyclic) bond motifs is 1. The summed E-state index contributed by atoms with van der Waals surface area (Å²) in [7, 11) is 0. The maximum absolute atomic E-state index is 12.8. The van der Waals surface area contributed by atoms with E-state index in [-0.39, 0.29) is 16.8 Å². The van der Waals surface area contributed by atoms with Crippen molar-refractivity contribution in [3.05, 3.63) is 27.2 Å². The van der Waals surface area contributed by atoms with Crippen LogP contribution in [0, 0.1) is 17.8 Å². The molecule has 4 aliphatic rings. The second kappa shape index (κ2) is 3.67. The molecule has 6 rings (SSSR count). The highest BCUT2D eigenvalue weighted by molar-refractivity contribution is 5.67. The van der Waals surface area contributed by atoms with E-state index < -0.39 is 0 Å². The molecule has 2 N–H and O–H groups in total. The third-order valence-electron chi connectivity index (χ3n) is 5.96. The van der Waals surface area contributed by atoms with E-state index in [9.17, 15) is 9.59 Å². The molecule has 0 aromatic carbocycles. The Morgan fingerprint density at radius 2 is 1.71 bits per heavy atom. The Kier molecular flexibility index (Phi) is 2.06. The molecule has 4 saturated carbocycles. The minimum Gasteiger partial charge on any atom is -0.339 e. The first-order valence-corrected chi connectivity index (χ1v) is 7.83. The molecule has 6 heteroatoms. The van der Waals surface area contributed by atoms with Crippen molar-refractivity contribution < 1.29 is 0 Å². The molecule has 4 bridgehead atoms. The summed E-state index contributed by atoms with van der Waals surface area (Å²) in [5, 5.41) is 0. The molecule has 0 unspecified atom stereocenters. The van der Waals surface area contributed by atoms with Crippen LogP contribution < -0.4 is 11.2 Å². The second-order valence-corrected chi connectivity index (χ2v) is 7.34. The molecule has 2 aromatic rings. The maximum atomic E-state index is 12.8. The van der Waals surface area contributed by atoms with Gasteiger partial charge in [-0.05, 0) is 56.3 Å². The van der Waals surface area contributed by atoms with E-state index in [0.717, 1.165) is 19.3 Å². The van der Waals surface area contributed by atoms with Crippen molar-refractivity contribution in [2.75, 3.05) is 0 Å². The zero-order valence-electron chi connectivity index (χ0n) is 11.8. The summed E-state index contributed by atoms with van der Waals surface area (Å²) in [6.45, 7) is 0. The normalized spacial score (nSPS) is 37.4. The predicted octanol–water partition coefficient (Wildman–Crippen LogP) is 1.34. The highest BCUT2D eigenvalue weighted by atomic mass is 16.2. The summed E-state index contributed by atoms with van der Waals surface area (Å²) < 4.78 is 1.53. The van der Waals surface area contributed by atoms with Crippen LogP contribution in [0.15, 0.2) is 15.9 Å². The van der Waals surface area contributed by atoms with Crippen molar-refractivity contribution in [1.82, 2.24) is 19.5 Å². The van der Waals surface area contributed by atoms with Crippen LogP contribution in [0.5, 0.6) is 0 Å². The summed E-state index contributed by atoms with van der Waals surface area (Å²) >= 11 is 0. The number of hydrogen-bond acceptors (Lipinski definition) is 3. The van der Waals surface area contributed by atoms with Gasteiger partial charge in [-0.25, -0.2) is 9.78 Å². The first kappa shape index (κ1) is 11.8. The monoisotopic (exact) mass is 286 g/mol. The van der Waals surface area contributed by atoms with E-state index in [0.29, 0.717) is 28.9 Å². The van der Waals surface area contributed by atoms with E-state index in [1.54, 1.807) is 0 Å². The molecule has 0 radical (unpaired) electrons. The van der Waals surface area contributed by atoms with E-state index in [2.05, 4.69) is 15.0 Å². The second-order valence-electron chi connectivity index (χ2n) is 7.34. The number of nitrogens with one attached hydrogen (secondary N) is 2. The van der Waals surface area contributed by atoms with Crippen LogP contribution in [0.3, 0.4) is 0 Å². The van der Waals surface area contributed by atoms with Crippen LogP contribution >= 0.6 is 0 Å². The summed E-state index contributed by atoms with van der Waals surface area (Å²) in [5.74, 6) is 2.08. The van der Waals surface area contributed by atoms with Crippen molar-refractivity contribution in [2.24, 2.45) is 17.8 Å². The van der Waals surface area contributed by atoms with Crippen molar-refractivity contribution in [1.29, 1.82) is 0 Å². The standard InChI is InChI=1S/C15H18N4O2/c20-13-11-12(17-7-16-11)18-14(21)19(13)15-4-8-1-9(5-15)3-10(2-8)6-15/h7-10H,1-6H2,(H,16,17)(H,18,21). The number of H-pyrrole nitrogens is 2. The quantitative estimate of drug-likeness (QED) is 0.829. The van der Waals surface area contributed by atoms with Gasteiger partial charge in [0.05, 0.1) is 11.9 Å². The Morgan fingerprint density at radius 3 is 2.33 bits per heavy atom. The number of nitrogens with zero attached hydrogens (tertiary/aromatic N) is 2. The SMILES string of the molecule is O=c1[nH]c2nc[nH]c2c(=O)n1C12CC3CC(CC(C3)C1)C2. The number of rotatable bonds is 1. The lowest BCUT2D eigenvalue weighted by Gasteiger charge is -2.56. The average Bonchev–Trinajstić information content (AvgIpc) is 2.84. The fraction of sp³-hybridized carbons (Fsp3) is 0.667. The van der Waals surface area contributed by atoms with Crippen LogP contribution in [0.2, 0.25) is 0 Å². The van der Waals surface area contributed by atoms with Crippen molar-refractivity contribution in [3.63, 3.8) is 0 Å². The predicted molar refractivity (Wildman–Crippen MR) is 77.1 cm³/mol. The fourth-order valence-electron chi connectivity index (χ4n) is 5.68. The molecule has 0 amide bonds. The Labute approximate surface area is 120 Å². The van der Waals surface area contributed by atoms with E-state index >= 15 is 0 Å². The highest BCUT2D eigenvalue weighted by Gasteiger charge is 2.53. The number of imidazole rings is 1. The van der Waals surface area contributed by atoms with Crippen molar-refractivity contribution in [3.8, 4) is 0 Å². The average molecular weight is 286 g/mol. The van der Waals surface area contributed by atoms with Crippen LogP contribution in [-0.4, -0.2) is 19.5 Å². The molecule has 6 nitrogen and oxygen atoms in total. The summed E-state index contributed by atoms with van der Waals surface area (Å²) in [4.78, 5) is 35.0. The van der Waals surface area contributed by atoms with Gasteiger partial charge >= 0.3 is 5.69 Å². The first-order chi connectivity index (χ1) is 10.1. The molecular weight excluding hydrogens is 268 g/mol. The minimum absolute atomic E-state index is 0.201. The van der Waals surface area contributed by atoms with Gasteiger partial charge in [0.1, 0.15) is 5.52 Å². The van der Waals surface area contributed by atoms with Gasteiger partial charge in [-0.2, -0.15) is 0 Å². The van der Waals surface area contributed by atoms with Crippen LogP contribution in [0.1, 0.15) is 38.5 Å². The number of hydrogen-bond donors (Lipinski definition) is 2. The highest BCUT2D eigenvalue weighted by Crippen LogP contribution is 2.58. The van der Waals surface area contributed by atoms with E-state index in [1.165, 1.54) is 30.2 Å². The third kappa shape index (κ3) is 1.45. The van der Waals surface area contributed by atoms with Gasteiger partial charge in [0.2, 0.25) is 0 Å². The third-order valence-corrected chi connectivity index (χ3v) is 5.96. The van der Waals surface area contributed by atoms with Gasteiger partial charge in [0, 0.05) is 0 Å². The molecule has 110 valence electrons. The Bertz CT molecular complexity index is 808. The first-order valence-electron chi connectivity index (χ1n) is 7.83. The molecular formula is C15H18N4O2. The Morgan fingerprint density at radius 1 is 1.10 bits per heavy atom. The van der Waals surface area contributed by atoms with Gasteiger partial charge in [0.15, 0.2) is 5.65 Å². The summed E-state index contributed by atoms with van der Waals surface area (Å²) in [5.41, 5.74) is 0.0460. The largest absolute Gasteiger partial charge is 0.339 e. The molecule has 21 heavy (non-hydrogen) atoms. The van der Waals surface area contributed by atoms with Crippen LogP contribution in [-0.2, 0) is 5.54 Å². The van der Waals surface area contributed by atoms with Gasteiger partial charge in [0.25, 0.3) is 5.56 Å². The summed E-state index contributed by atoms with van der Waals surface area (Å²) in [6, 6.07) is 0. The lowest BCUT2D eigenvalue weighted by atomic mass is 9.53. The molecule has 0 saturated heterocycles. The molecule has 0 atom stereocenters. The van der Waals surface area contributed by atoms with Gasteiger partial charge < -0.3 is 4.98 Å². The molecule has 0 aliphatic heterocycles. The maximum Gasteiger partial charge on any atom is 0.330 e. The van der Waals surface area contributed by atoms with Crippen LogP contribution in [0.25, 0.3) is 11.2 Å². The molecule has 2 heterocycles. The topological polar surface area (TPSA) is 83.5 Å². The van der Waals surface area contributed by atoms with Gasteiger partial charge in [-0.1, -0.05) is 0 Å². The molecule has 2 aromatic heterocycles. The van der Waals surface area contributed by atoms with Gasteiger partial charge in [-0.15, -0.1) is 0 Å². The smallest absolute Gasteiger partial charge is 0.330 e. The lowest BCUT2D eigenvalue weighted by Crippen LogP contribution is -2.58. The fourth-order valence-corrected chi connectivity index (χ4v) is 5.68.